The van der Waals surface area contributed by atoms with Gasteiger partial charge in [0.15, 0.2) is 0 Å². The van der Waals surface area contributed by atoms with Gasteiger partial charge in [-0.05, 0) is 0 Å². The number of benzene rings is 1. The Kier molecular flexibility index (Phi) is 10.6. The van der Waals surface area contributed by atoms with Gasteiger partial charge in [0.2, 0.25) is 0 Å². The van der Waals surface area contributed by atoms with Crippen LogP contribution < -0.4 is 2.89 Å². The van der Waals surface area contributed by atoms with E-state index in [-0.39, 0.29) is 11.6 Å². The molecule has 0 fully saturated rings. The van der Waals surface area contributed by atoms with Gasteiger partial charge in [-0.3, -0.25) is 0 Å². The van der Waals surface area contributed by atoms with Crippen molar-refractivity contribution in [3.8, 4) is 0 Å². The third-order valence-corrected chi connectivity index (χ3v) is 26.3. The number of nitro benzene ring substituents is 1. The second kappa shape index (κ2) is 13.4. The van der Waals surface area contributed by atoms with Crippen molar-refractivity contribution in [3.63, 3.8) is 0 Å². The zero-order chi connectivity index (χ0) is 25.3. The number of thiazole rings is 1. The van der Waals surface area contributed by atoms with Crippen LogP contribution in [-0.4, -0.2) is 44.1 Å². The van der Waals surface area contributed by atoms with E-state index < -0.39 is 23.3 Å². The summed E-state index contributed by atoms with van der Waals surface area (Å²) < 4.78 is 8.08. The van der Waals surface area contributed by atoms with Crippen LogP contribution in [0.15, 0.2) is 41.9 Å². The topological polar surface area (TPSA) is 93.0 Å². The molecule has 0 saturated carbocycles. The van der Waals surface area contributed by atoms with E-state index in [9.17, 15) is 15.3 Å². The van der Waals surface area contributed by atoms with Gasteiger partial charge in [0.05, 0.1) is 0 Å². The van der Waals surface area contributed by atoms with Crippen LogP contribution in [0.2, 0.25) is 13.3 Å². The predicted octanol–water partition coefficient (Wildman–Crippen LogP) is 7.15. The molecule has 3 aromatic rings. The number of hydrogen-bond donors (Lipinski definition) is 1. The average molecular weight is 605 g/mol. The van der Waals surface area contributed by atoms with Gasteiger partial charge in [0.25, 0.3) is 0 Å². The fraction of sp³-hybridized carbons (Fsp3) is 0.538. The van der Waals surface area contributed by atoms with Crippen molar-refractivity contribution in [2.24, 2.45) is 5.16 Å². The molecule has 2 aromatic heterocycles. The van der Waals surface area contributed by atoms with Crippen LogP contribution in [0.4, 0.5) is 5.69 Å². The first-order valence-electron chi connectivity index (χ1n) is 12.9. The van der Waals surface area contributed by atoms with Crippen molar-refractivity contribution in [1.29, 1.82) is 0 Å². The minimum atomic E-state index is -2.56. The summed E-state index contributed by atoms with van der Waals surface area (Å²) in [6.07, 6.45) is 14.1. The number of aromatic nitrogens is 2. The molecule has 0 saturated heterocycles. The number of nitro groups is 1. The Balaban J connectivity index is 1.97. The minimum absolute atomic E-state index is 0.0727. The number of hydrogen-bond acceptors (Lipinski definition) is 6. The van der Waals surface area contributed by atoms with Gasteiger partial charge in [0.1, 0.15) is 0 Å². The van der Waals surface area contributed by atoms with Crippen molar-refractivity contribution in [1.82, 2.24) is 9.38 Å². The van der Waals surface area contributed by atoms with Crippen LogP contribution in [0.1, 0.15) is 76.5 Å². The molecule has 0 aliphatic rings. The van der Waals surface area contributed by atoms with Gasteiger partial charge in [0, 0.05) is 0 Å². The van der Waals surface area contributed by atoms with Gasteiger partial charge in [-0.25, -0.2) is 0 Å². The van der Waals surface area contributed by atoms with Crippen LogP contribution in [0.5, 0.6) is 0 Å². The van der Waals surface area contributed by atoms with Crippen molar-refractivity contribution in [2.75, 3.05) is 0 Å². The molecule has 7 nitrogen and oxygen atoms in total. The standard InChI is InChI=1S/C14H11N4O3S.3C4H9.Sn/c19-16-8-11(13-14-17(9-15-13)5-6-22-14)7-10-1-3-12(4-2-10)18(20)21;3*1-3-4-2;/h1-5,8-9,11,19H,7H2;3*1,3-4H2,2H3;/b16-8-;;;;. The van der Waals surface area contributed by atoms with Crippen molar-refractivity contribution in [2.45, 2.75) is 84.9 Å². The molecule has 0 spiro atoms. The van der Waals surface area contributed by atoms with E-state index in [1.54, 1.807) is 15.0 Å². The van der Waals surface area contributed by atoms with Crippen LogP contribution in [0.25, 0.3) is 4.83 Å². The van der Waals surface area contributed by atoms with Gasteiger partial charge in [-0.1, -0.05) is 0 Å². The van der Waals surface area contributed by atoms with E-state index >= 15 is 0 Å². The Labute approximate surface area is 216 Å². The van der Waals surface area contributed by atoms with Gasteiger partial charge in [-0.2, -0.15) is 0 Å². The van der Waals surface area contributed by atoms with E-state index in [0.717, 1.165) is 16.1 Å². The van der Waals surface area contributed by atoms with Gasteiger partial charge in [-0.15, -0.1) is 0 Å². The summed E-state index contributed by atoms with van der Waals surface area (Å²) >= 11 is -0.638. The maximum atomic E-state index is 11.0. The number of non-ortho nitro benzene ring substituents is 1. The average Bonchev–Trinajstić information content (AvgIpc) is 3.45. The summed E-state index contributed by atoms with van der Waals surface area (Å²) in [5.41, 5.74) is 1.93. The number of rotatable bonds is 15. The molecule has 9 heteroatoms. The molecule has 0 amide bonds. The van der Waals surface area contributed by atoms with Crippen molar-refractivity contribution < 1.29 is 10.1 Å². The molecule has 1 N–H and O–H groups in total. The Morgan fingerprint density at radius 3 is 2.23 bits per heavy atom. The summed E-state index contributed by atoms with van der Waals surface area (Å²) in [6, 6.07) is 6.58. The molecule has 3 rings (SSSR count). The summed E-state index contributed by atoms with van der Waals surface area (Å²) in [7, 11) is 0. The predicted molar refractivity (Wildman–Crippen MR) is 147 cm³/mol. The third kappa shape index (κ3) is 6.84. The van der Waals surface area contributed by atoms with E-state index in [0.29, 0.717) is 6.42 Å². The molecule has 1 aromatic carbocycles. The van der Waals surface area contributed by atoms with E-state index in [4.69, 9.17) is 4.98 Å². The molecule has 190 valence electrons. The Morgan fingerprint density at radius 2 is 1.71 bits per heavy atom. The van der Waals surface area contributed by atoms with Crippen LogP contribution in [0, 0.1) is 10.1 Å². The number of nitrogens with zero attached hydrogens (tertiary/aromatic N) is 4. The first-order valence-corrected chi connectivity index (χ1v) is 21.2. The van der Waals surface area contributed by atoms with Crippen molar-refractivity contribution in [3.05, 3.63) is 58.2 Å². The molecular formula is C26H38N4O3SSn. The molecule has 35 heavy (non-hydrogen) atoms. The normalized spacial score (nSPS) is 13.1. The quantitative estimate of drug-likeness (QED) is 0.0655. The first kappa shape index (κ1) is 27.6. The molecule has 0 aliphatic heterocycles. The first-order chi connectivity index (χ1) is 17.0. The number of imidazole rings is 1. The number of unbranched alkanes of at least 4 members (excludes halogenated alkanes) is 3. The van der Waals surface area contributed by atoms with Gasteiger partial charge < -0.3 is 0 Å². The molecule has 1 unspecified atom stereocenters. The number of oxime groups is 1. The molecular weight excluding hydrogens is 567 g/mol. The zero-order valence-corrected chi connectivity index (χ0v) is 24.8. The van der Waals surface area contributed by atoms with Crippen LogP contribution in [-0.2, 0) is 6.42 Å². The number of fused-ring (bicyclic) bond motifs is 1. The molecule has 2 heterocycles. The third-order valence-electron chi connectivity index (χ3n) is 6.99. The van der Waals surface area contributed by atoms with E-state index in [1.807, 2.05) is 17.7 Å². The van der Waals surface area contributed by atoms with Crippen molar-refractivity contribution >= 4 is 49.3 Å². The maximum absolute atomic E-state index is 11.0. The summed E-state index contributed by atoms with van der Waals surface area (Å²) in [6.45, 7) is 6.90. The second-order valence-corrected chi connectivity index (χ2v) is 24.7. The van der Waals surface area contributed by atoms with E-state index in [1.165, 1.54) is 70.2 Å². The Morgan fingerprint density at radius 1 is 1.11 bits per heavy atom. The summed E-state index contributed by atoms with van der Waals surface area (Å²) in [5.74, 6) is -0.204. The van der Waals surface area contributed by atoms with Crippen LogP contribution >= 0.6 is 11.3 Å². The van der Waals surface area contributed by atoms with Gasteiger partial charge >= 0.3 is 217 Å². The monoisotopic (exact) mass is 606 g/mol. The molecule has 0 aliphatic carbocycles. The fourth-order valence-corrected chi connectivity index (χ4v) is 25.0. The molecule has 0 bridgehead atoms. The van der Waals surface area contributed by atoms with E-state index in [2.05, 4.69) is 36.5 Å². The van der Waals surface area contributed by atoms with Crippen LogP contribution in [0.3, 0.4) is 0 Å². The summed E-state index contributed by atoms with van der Waals surface area (Å²) in [4.78, 5) is 16.5. The second-order valence-electron chi connectivity index (χ2n) is 9.53. The molecule has 0 radical (unpaired) electrons. The molecule has 1 atom stereocenters. The Bertz CT molecular complexity index is 1090. The Hall–Kier alpha value is -1.94. The fourth-order valence-electron chi connectivity index (χ4n) is 4.92. The SMILES string of the molecule is CCC[CH2][Sn]([CH2]CCC)([CH2]CCC)[c]1cn2cnc(C(/C=N\O)Cc3ccc([N+](=O)[O-])cc3)c2s1. The zero-order valence-electron chi connectivity index (χ0n) is 21.2. The summed E-state index contributed by atoms with van der Waals surface area (Å²) in [5, 5.41) is 23.7.